The first-order valence-electron chi connectivity index (χ1n) is 2.96. The third-order valence-electron chi connectivity index (χ3n) is 1.14. The Hall–Kier alpha value is -1.92. The number of nitrogens with zero attached hydrogens (tertiary/aromatic N) is 3. The Kier molecular flexibility index (Phi) is 2.04. The molecule has 0 atom stereocenters. The lowest BCUT2D eigenvalue weighted by molar-refractivity contribution is -0.386. The second-order valence-corrected chi connectivity index (χ2v) is 1.88. The van der Waals surface area contributed by atoms with E-state index in [-0.39, 0.29) is 17.5 Å². The fraction of sp³-hybridized carbons (Fsp3) is 0.200. The van der Waals surface area contributed by atoms with E-state index in [0.717, 1.165) is 6.20 Å². The standard InChI is InChI=1S/C5H6N4O3/c1-12-4-3(9(10)11)2-7-5(6)8-4/h2H,1H3,(H2,6,7,8). The summed E-state index contributed by atoms with van der Waals surface area (Å²) in [5.74, 6) is -0.190. The minimum absolute atomic E-state index is 0.0579. The van der Waals surface area contributed by atoms with Crippen molar-refractivity contribution in [2.45, 2.75) is 0 Å². The summed E-state index contributed by atoms with van der Waals surface area (Å²) in [4.78, 5) is 16.6. The summed E-state index contributed by atoms with van der Waals surface area (Å²) < 4.78 is 4.61. The second kappa shape index (κ2) is 2.99. The van der Waals surface area contributed by atoms with Crippen molar-refractivity contribution in [1.82, 2.24) is 9.97 Å². The molecule has 1 aromatic rings. The van der Waals surface area contributed by atoms with Gasteiger partial charge in [-0.1, -0.05) is 0 Å². The van der Waals surface area contributed by atoms with Gasteiger partial charge in [-0.15, -0.1) is 0 Å². The molecule has 1 aromatic heterocycles. The summed E-state index contributed by atoms with van der Waals surface area (Å²) in [6.45, 7) is 0. The van der Waals surface area contributed by atoms with E-state index in [9.17, 15) is 10.1 Å². The Bertz CT molecular complexity index is 314. The number of aromatic nitrogens is 2. The highest BCUT2D eigenvalue weighted by Gasteiger charge is 2.16. The molecule has 1 rings (SSSR count). The first-order chi connectivity index (χ1) is 5.65. The molecule has 0 saturated heterocycles. The molecule has 0 fully saturated rings. The third-order valence-corrected chi connectivity index (χ3v) is 1.14. The molecule has 0 radical (unpaired) electrons. The molecule has 7 nitrogen and oxygen atoms in total. The molecule has 0 aromatic carbocycles. The maximum absolute atomic E-state index is 10.3. The van der Waals surface area contributed by atoms with E-state index in [4.69, 9.17) is 5.73 Å². The largest absolute Gasteiger partial charge is 0.476 e. The highest BCUT2D eigenvalue weighted by Crippen LogP contribution is 2.22. The van der Waals surface area contributed by atoms with Gasteiger partial charge in [0, 0.05) is 0 Å². The Morgan fingerprint density at radius 3 is 2.92 bits per heavy atom. The Morgan fingerprint density at radius 2 is 2.42 bits per heavy atom. The lowest BCUT2D eigenvalue weighted by Gasteiger charge is -1.98. The van der Waals surface area contributed by atoms with Crippen LogP contribution in [0.1, 0.15) is 0 Å². The van der Waals surface area contributed by atoms with Crippen molar-refractivity contribution in [2.75, 3.05) is 12.8 Å². The number of hydrogen-bond donors (Lipinski definition) is 1. The van der Waals surface area contributed by atoms with Gasteiger partial charge >= 0.3 is 5.69 Å². The zero-order valence-corrected chi connectivity index (χ0v) is 6.22. The molecule has 0 aliphatic rings. The van der Waals surface area contributed by atoms with Gasteiger partial charge in [0.1, 0.15) is 6.20 Å². The fourth-order valence-electron chi connectivity index (χ4n) is 0.648. The normalized spacial score (nSPS) is 9.42. The monoisotopic (exact) mass is 170 g/mol. The number of nitrogens with two attached hydrogens (primary N) is 1. The fourth-order valence-corrected chi connectivity index (χ4v) is 0.648. The van der Waals surface area contributed by atoms with Gasteiger partial charge in [-0.05, 0) is 0 Å². The molecule has 7 heteroatoms. The van der Waals surface area contributed by atoms with Crippen LogP contribution in [0.4, 0.5) is 11.6 Å². The van der Waals surface area contributed by atoms with Crippen LogP contribution in [0, 0.1) is 10.1 Å². The predicted molar refractivity (Wildman–Crippen MR) is 39.7 cm³/mol. The molecule has 0 aliphatic carbocycles. The maximum Gasteiger partial charge on any atom is 0.349 e. The predicted octanol–water partition coefficient (Wildman–Crippen LogP) is -0.0244. The Balaban J connectivity index is 3.20. The van der Waals surface area contributed by atoms with E-state index in [2.05, 4.69) is 14.7 Å². The molecule has 0 unspecified atom stereocenters. The van der Waals surface area contributed by atoms with Crippen molar-refractivity contribution >= 4 is 11.6 Å². The van der Waals surface area contributed by atoms with Crippen molar-refractivity contribution in [3.63, 3.8) is 0 Å². The van der Waals surface area contributed by atoms with Gasteiger partial charge in [-0.2, -0.15) is 4.98 Å². The van der Waals surface area contributed by atoms with Crippen molar-refractivity contribution in [3.05, 3.63) is 16.3 Å². The van der Waals surface area contributed by atoms with E-state index in [0.29, 0.717) is 0 Å². The molecule has 12 heavy (non-hydrogen) atoms. The molecule has 0 spiro atoms. The van der Waals surface area contributed by atoms with E-state index < -0.39 is 4.92 Å². The molecule has 0 aliphatic heterocycles. The smallest absolute Gasteiger partial charge is 0.349 e. The average molecular weight is 170 g/mol. The molecular formula is C5H6N4O3. The number of hydrogen-bond acceptors (Lipinski definition) is 6. The highest BCUT2D eigenvalue weighted by molar-refractivity contribution is 5.41. The van der Waals surface area contributed by atoms with Crippen molar-refractivity contribution in [3.8, 4) is 5.88 Å². The number of methoxy groups -OCH3 is 1. The number of anilines is 1. The Morgan fingerprint density at radius 1 is 1.75 bits per heavy atom. The third kappa shape index (κ3) is 1.39. The number of rotatable bonds is 2. The quantitative estimate of drug-likeness (QED) is 0.493. The Labute approximate surface area is 67.3 Å². The van der Waals surface area contributed by atoms with Crippen molar-refractivity contribution < 1.29 is 9.66 Å². The summed E-state index contributed by atoms with van der Waals surface area (Å²) in [6, 6.07) is 0. The lowest BCUT2D eigenvalue weighted by Crippen LogP contribution is -2.01. The van der Waals surface area contributed by atoms with Gasteiger partial charge in [0.2, 0.25) is 5.95 Å². The van der Waals surface area contributed by atoms with Crippen LogP contribution in [0.2, 0.25) is 0 Å². The molecule has 1 heterocycles. The molecular weight excluding hydrogens is 164 g/mol. The van der Waals surface area contributed by atoms with Gasteiger partial charge < -0.3 is 10.5 Å². The highest BCUT2D eigenvalue weighted by atomic mass is 16.6. The van der Waals surface area contributed by atoms with Gasteiger partial charge in [0.15, 0.2) is 0 Å². The molecule has 64 valence electrons. The molecule has 0 bridgehead atoms. The van der Waals surface area contributed by atoms with Gasteiger partial charge in [-0.25, -0.2) is 4.98 Å². The van der Waals surface area contributed by atoms with Crippen LogP contribution in [0.25, 0.3) is 0 Å². The SMILES string of the molecule is COc1nc(N)ncc1[N+](=O)[O-]. The van der Waals surface area contributed by atoms with Crippen LogP contribution in [0.15, 0.2) is 6.20 Å². The van der Waals surface area contributed by atoms with Crippen LogP contribution < -0.4 is 10.5 Å². The molecule has 2 N–H and O–H groups in total. The van der Waals surface area contributed by atoms with Crippen LogP contribution in [0.5, 0.6) is 5.88 Å². The molecule has 0 amide bonds. The van der Waals surface area contributed by atoms with Gasteiger partial charge in [0.25, 0.3) is 5.88 Å². The van der Waals surface area contributed by atoms with Crippen LogP contribution >= 0.6 is 0 Å². The maximum atomic E-state index is 10.3. The minimum Gasteiger partial charge on any atom is -0.476 e. The van der Waals surface area contributed by atoms with E-state index in [1.165, 1.54) is 7.11 Å². The number of nitro groups is 1. The first-order valence-corrected chi connectivity index (χ1v) is 2.96. The summed E-state index contributed by atoms with van der Waals surface area (Å²) in [5, 5.41) is 10.3. The lowest BCUT2D eigenvalue weighted by atomic mass is 10.5. The first kappa shape index (κ1) is 8.18. The molecule has 0 saturated carbocycles. The van der Waals surface area contributed by atoms with Gasteiger partial charge in [0.05, 0.1) is 12.0 Å². The van der Waals surface area contributed by atoms with Crippen LogP contribution in [-0.2, 0) is 0 Å². The minimum atomic E-state index is -0.641. The van der Waals surface area contributed by atoms with Crippen molar-refractivity contribution in [2.24, 2.45) is 0 Å². The second-order valence-electron chi connectivity index (χ2n) is 1.88. The average Bonchev–Trinajstić information content (AvgIpc) is 2.03. The summed E-state index contributed by atoms with van der Waals surface area (Å²) in [6.07, 6.45) is 1.00. The zero-order chi connectivity index (χ0) is 9.14. The van der Waals surface area contributed by atoms with E-state index >= 15 is 0 Å². The topological polar surface area (TPSA) is 104 Å². The van der Waals surface area contributed by atoms with Gasteiger partial charge in [-0.3, -0.25) is 10.1 Å². The zero-order valence-electron chi connectivity index (χ0n) is 6.22. The number of ether oxygens (including phenoxy) is 1. The summed E-state index contributed by atoms with van der Waals surface area (Å²) >= 11 is 0. The van der Waals surface area contributed by atoms with E-state index in [1.807, 2.05) is 0 Å². The van der Waals surface area contributed by atoms with Crippen LogP contribution in [-0.4, -0.2) is 22.0 Å². The van der Waals surface area contributed by atoms with Crippen molar-refractivity contribution in [1.29, 1.82) is 0 Å². The summed E-state index contributed by atoms with van der Waals surface area (Å²) in [5.41, 5.74) is 4.88. The van der Waals surface area contributed by atoms with E-state index in [1.54, 1.807) is 0 Å². The number of nitrogen functional groups attached to an aromatic ring is 1. The summed E-state index contributed by atoms with van der Waals surface area (Å²) in [7, 11) is 1.27. The van der Waals surface area contributed by atoms with Crippen LogP contribution in [0.3, 0.4) is 0 Å².